The van der Waals surface area contributed by atoms with Crippen LogP contribution in [-0.4, -0.2) is 25.0 Å². The van der Waals surface area contributed by atoms with Gasteiger partial charge in [-0.15, -0.1) is 0 Å². The van der Waals surface area contributed by atoms with Gasteiger partial charge in [-0.05, 0) is 92.4 Å². The average Bonchev–Trinajstić information content (AvgIpc) is 2.56. The van der Waals surface area contributed by atoms with Crippen LogP contribution in [0.5, 0.6) is 0 Å². The average molecular weight is 324 g/mol. The van der Waals surface area contributed by atoms with Gasteiger partial charge in [0.05, 0.1) is 0 Å². The number of nitrogens with zero attached hydrogens (tertiary/aromatic N) is 1. The van der Waals surface area contributed by atoms with E-state index in [0.29, 0.717) is 0 Å². The fraction of sp³-hybridized carbons (Fsp3) is 0.478. The van der Waals surface area contributed by atoms with Crippen LogP contribution in [-0.2, 0) is 6.42 Å². The van der Waals surface area contributed by atoms with Crippen LogP contribution < -0.4 is 10.4 Å². The Balaban J connectivity index is 2.34. The van der Waals surface area contributed by atoms with E-state index in [-0.39, 0.29) is 0 Å². The van der Waals surface area contributed by atoms with E-state index in [1.165, 1.54) is 54.3 Å². The number of likely N-dealkylation sites (tertiary alicyclic amines) is 1. The second-order valence-corrected chi connectivity index (χ2v) is 7.14. The van der Waals surface area contributed by atoms with Crippen molar-refractivity contribution in [3.8, 4) is 0 Å². The molecule has 1 aromatic rings. The van der Waals surface area contributed by atoms with E-state index in [0.717, 1.165) is 17.6 Å². The summed E-state index contributed by atoms with van der Waals surface area (Å²) in [5.74, 6) is 0.722. The molecule has 1 aromatic carbocycles. The van der Waals surface area contributed by atoms with E-state index in [2.05, 4.69) is 75.7 Å². The molecule has 0 bridgehead atoms. The predicted octanol–water partition coefficient (Wildman–Crippen LogP) is 4.15. The second kappa shape index (κ2) is 9.03. The molecule has 0 amide bonds. The molecular formula is C23H33N. The molecule has 0 spiro atoms. The third kappa shape index (κ3) is 4.95. The van der Waals surface area contributed by atoms with Gasteiger partial charge in [0.2, 0.25) is 0 Å². The molecule has 1 fully saturated rings. The Morgan fingerprint density at radius 2 is 2.00 bits per heavy atom. The van der Waals surface area contributed by atoms with Gasteiger partial charge in [0.1, 0.15) is 0 Å². The Morgan fingerprint density at radius 1 is 1.29 bits per heavy atom. The minimum atomic E-state index is 0.722. The van der Waals surface area contributed by atoms with Gasteiger partial charge in [-0.2, -0.15) is 0 Å². The molecule has 1 saturated heterocycles. The molecule has 1 nitrogen and oxygen atoms in total. The highest BCUT2D eigenvalue weighted by atomic mass is 15.1. The third-order valence-electron chi connectivity index (χ3n) is 5.04. The van der Waals surface area contributed by atoms with Crippen LogP contribution in [0.25, 0.3) is 18.2 Å². The van der Waals surface area contributed by atoms with Crippen LogP contribution in [0.2, 0.25) is 0 Å². The molecule has 0 N–H and O–H groups in total. The standard InChI is InChI=1S/C23H33N/c1-6-8-18(3)23-17-21(9-7-2)22(16-19(23)4)11-10-20-12-14-24(5)15-13-20/h6,8,10-11,16-17,20H,4,7,9,12-15H2,1-3,5H3/b8-6-,11-10-,23-18-. The zero-order chi connectivity index (χ0) is 17.5. The Bertz CT molecular complexity index is 700. The van der Waals surface area contributed by atoms with E-state index in [1.807, 2.05) is 0 Å². The molecule has 0 atom stereocenters. The first kappa shape index (κ1) is 18.7. The summed E-state index contributed by atoms with van der Waals surface area (Å²) in [7, 11) is 2.22. The first-order valence-electron chi connectivity index (χ1n) is 9.37. The fourth-order valence-corrected chi connectivity index (χ4v) is 3.52. The summed E-state index contributed by atoms with van der Waals surface area (Å²) in [5.41, 5.74) is 4.11. The minimum absolute atomic E-state index is 0.722. The first-order valence-corrected chi connectivity index (χ1v) is 9.37. The molecule has 0 radical (unpaired) electrons. The first-order chi connectivity index (χ1) is 11.5. The summed E-state index contributed by atoms with van der Waals surface area (Å²) in [6, 6.07) is 4.63. The Morgan fingerprint density at radius 3 is 2.62 bits per heavy atom. The van der Waals surface area contributed by atoms with Crippen molar-refractivity contribution in [2.75, 3.05) is 20.1 Å². The normalized spacial score (nSPS) is 18.7. The molecule has 1 aliphatic rings. The molecule has 1 heterocycles. The molecule has 24 heavy (non-hydrogen) atoms. The lowest BCUT2D eigenvalue weighted by Gasteiger charge is -2.27. The van der Waals surface area contributed by atoms with Gasteiger partial charge < -0.3 is 4.90 Å². The van der Waals surface area contributed by atoms with Crippen molar-refractivity contribution in [3.63, 3.8) is 0 Å². The Hall–Kier alpha value is -1.60. The summed E-state index contributed by atoms with van der Waals surface area (Å²) in [6.45, 7) is 13.2. The van der Waals surface area contributed by atoms with Gasteiger partial charge in [-0.3, -0.25) is 0 Å². The van der Waals surface area contributed by atoms with Gasteiger partial charge in [0, 0.05) is 0 Å². The molecule has 0 unspecified atom stereocenters. The van der Waals surface area contributed by atoms with E-state index in [4.69, 9.17) is 0 Å². The van der Waals surface area contributed by atoms with Gasteiger partial charge in [-0.1, -0.05) is 50.3 Å². The lowest BCUT2D eigenvalue weighted by Crippen LogP contribution is -2.29. The highest BCUT2D eigenvalue weighted by Crippen LogP contribution is 2.19. The molecule has 1 aliphatic heterocycles. The van der Waals surface area contributed by atoms with Crippen molar-refractivity contribution in [3.05, 3.63) is 51.9 Å². The Kier molecular flexibility index (Phi) is 7.05. The lowest BCUT2D eigenvalue weighted by molar-refractivity contribution is 0.244. The largest absolute Gasteiger partial charge is 0.306 e. The monoisotopic (exact) mass is 323 g/mol. The highest BCUT2D eigenvalue weighted by molar-refractivity contribution is 5.59. The quantitative estimate of drug-likeness (QED) is 0.787. The molecule has 0 aliphatic carbocycles. The summed E-state index contributed by atoms with van der Waals surface area (Å²) >= 11 is 0. The molecule has 0 aromatic heterocycles. The minimum Gasteiger partial charge on any atom is -0.306 e. The molecule has 2 rings (SSSR count). The van der Waals surface area contributed by atoms with Gasteiger partial charge in [0.25, 0.3) is 0 Å². The van der Waals surface area contributed by atoms with Crippen LogP contribution in [0.4, 0.5) is 0 Å². The number of hydrogen-bond acceptors (Lipinski definition) is 1. The summed E-state index contributed by atoms with van der Waals surface area (Å²) < 4.78 is 0. The molecule has 1 heteroatoms. The van der Waals surface area contributed by atoms with Crippen LogP contribution in [0, 0.1) is 5.92 Å². The van der Waals surface area contributed by atoms with E-state index in [9.17, 15) is 0 Å². The van der Waals surface area contributed by atoms with Crippen molar-refractivity contribution in [1.29, 1.82) is 0 Å². The number of piperidine rings is 1. The van der Waals surface area contributed by atoms with Crippen molar-refractivity contribution in [1.82, 2.24) is 4.90 Å². The Labute approximate surface area is 148 Å². The van der Waals surface area contributed by atoms with E-state index < -0.39 is 0 Å². The SMILES string of the molecule is C=c1cc(/C=C\C2CCN(C)CC2)c(CCC)c/c1=C(C)/C=C\C. The van der Waals surface area contributed by atoms with Gasteiger partial charge in [0.15, 0.2) is 0 Å². The maximum absolute atomic E-state index is 4.30. The summed E-state index contributed by atoms with van der Waals surface area (Å²) in [4.78, 5) is 2.43. The smallest absolute Gasteiger partial charge is 0.00162 e. The number of allylic oxidation sites excluding steroid dienone is 3. The fourth-order valence-electron chi connectivity index (χ4n) is 3.52. The van der Waals surface area contributed by atoms with Crippen molar-refractivity contribution >= 4 is 18.2 Å². The molecule has 130 valence electrons. The second-order valence-electron chi connectivity index (χ2n) is 7.14. The predicted molar refractivity (Wildman–Crippen MR) is 108 cm³/mol. The third-order valence-corrected chi connectivity index (χ3v) is 5.04. The van der Waals surface area contributed by atoms with Gasteiger partial charge in [-0.25, -0.2) is 0 Å². The zero-order valence-corrected chi connectivity index (χ0v) is 15.9. The van der Waals surface area contributed by atoms with Gasteiger partial charge >= 0.3 is 0 Å². The topological polar surface area (TPSA) is 3.24 Å². The van der Waals surface area contributed by atoms with E-state index >= 15 is 0 Å². The van der Waals surface area contributed by atoms with Crippen molar-refractivity contribution in [2.24, 2.45) is 5.92 Å². The molecular weight excluding hydrogens is 290 g/mol. The van der Waals surface area contributed by atoms with Crippen molar-refractivity contribution in [2.45, 2.75) is 46.5 Å². The van der Waals surface area contributed by atoms with Crippen molar-refractivity contribution < 1.29 is 0 Å². The van der Waals surface area contributed by atoms with E-state index in [1.54, 1.807) is 0 Å². The maximum Gasteiger partial charge on any atom is -0.00162 e. The number of aryl methyl sites for hydroxylation is 1. The maximum atomic E-state index is 4.30. The van der Waals surface area contributed by atoms with Crippen LogP contribution >= 0.6 is 0 Å². The lowest BCUT2D eigenvalue weighted by atomic mass is 9.94. The van der Waals surface area contributed by atoms with Crippen LogP contribution in [0.15, 0.2) is 30.4 Å². The number of rotatable bonds is 5. The number of benzene rings is 1. The van der Waals surface area contributed by atoms with Crippen LogP contribution in [0.3, 0.4) is 0 Å². The summed E-state index contributed by atoms with van der Waals surface area (Å²) in [6.07, 6.45) is 13.9. The number of hydrogen-bond donors (Lipinski definition) is 0. The highest BCUT2D eigenvalue weighted by Gasteiger charge is 2.13. The summed E-state index contributed by atoms with van der Waals surface area (Å²) in [5, 5.41) is 2.42. The molecule has 0 saturated carbocycles. The zero-order valence-electron chi connectivity index (χ0n) is 15.9. The van der Waals surface area contributed by atoms with Crippen LogP contribution in [0.1, 0.15) is 51.2 Å².